The van der Waals surface area contributed by atoms with E-state index in [2.05, 4.69) is 32.4 Å². The molecule has 0 radical (unpaired) electrons. The van der Waals surface area contributed by atoms with E-state index in [-0.39, 0.29) is 16.5 Å². The van der Waals surface area contributed by atoms with Crippen molar-refractivity contribution >= 4 is 58.0 Å². The van der Waals surface area contributed by atoms with Crippen molar-refractivity contribution in [2.45, 2.75) is 0 Å². The van der Waals surface area contributed by atoms with E-state index < -0.39 is 0 Å². The molecule has 0 amide bonds. The van der Waals surface area contributed by atoms with Crippen molar-refractivity contribution in [3.05, 3.63) is 99.5 Å². The number of para-hydroxylation sites is 1. The fraction of sp³-hybridized carbons (Fsp3) is 0. The number of rotatable bonds is 3. The molecule has 0 fully saturated rings. The van der Waals surface area contributed by atoms with Gasteiger partial charge >= 0.3 is 0 Å². The third kappa shape index (κ3) is 6.31. The van der Waals surface area contributed by atoms with E-state index in [1.165, 1.54) is 0 Å². The first-order valence-electron chi connectivity index (χ1n) is 8.41. The standard InChI is InChI=1S/C12H9Cl.C9H5Cl3N4/c13-12-9-5-4-8-11(12)10-6-2-1-3-7-10;10-5-3-1-2-4-6(5)13-9-15-7(11)14-8(12)16-9/h1-9H;1-4H,(H,13,14,15,16). The summed E-state index contributed by atoms with van der Waals surface area (Å²) in [5, 5.41) is 4.29. The van der Waals surface area contributed by atoms with E-state index in [0.717, 1.165) is 16.1 Å². The van der Waals surface area contributed by atoms with Gasteiger partial charge in [0.15, 0.2) is 0 Å². The van der Waals surface area contributed by atoms with Crippen LogP contribution in [-0.4, -0.2) is 15.0 Å². The summed E-state index contributed by atoms with van der Waals surface area (Å²) in [6, 6.07) is 25.2. The van der Waals surface area contributed by atoms with Gasteiger partial charge in [0.1, 0.15) is 0 Å². The highest BCUT2D eigenvalue weighted by atomic mass is 35.5. The van der Waals surface area contributed by atoms with Crippen molar-refractivity contribution in [2.75, 3.05) is 5.32 Å². The SMILES string of the molecule is Clc1ccccc1-c1ccccc1.Clc1nc(Cl)nc(Nc2ccccc2Cl)n1. The summed E-state index contributed by atoms with van der Waals surface area (Å²) in [5.41, 5.74) is 2.92. The lowest BCUT2D eigenvalue weighted by Crippen LogP contribution is -1.99. The van der Waals surface area contributed by atoms with Crippen LogP contribution in [0.15, 0.2) is 78.9 Å². The van der Waals surface area contributed by atoms with E-state index in [0.29, 0.717) is 10.7 Å². The molecule has 0 unspecified atom stereocenters. The van der Waals surface area contributed by atoms with Crippen LogP contribution in [0.5, 0.6) is 0 Å². The highest BCUT2D eigenvalue weighted by Gasteiger charge is 2.05. The van der Waals surface area contributed by atoms with Gasteiger partial charge in [0.05, 0.1) is 10.7 Å². The van der Waals surface area contributed by atoms with Crippen molar-refractivity contribution in [2.24, 2.45) is 0 Å². The van der Waals surface area contributed by atoms with Gasteiger partial charge in [-0.2, -0.15) is 15.0 Å². The molecule has 0 bridgehead atoms. The van der Waals surface area contributed by atoms with Crippen LogP contribution in [0.1, 0.15) is 0 Å². The Morgan fingerprint density at radius 2 is 1.10 bits per heavy atom. The van der Waals surface area contributed by atoms with Gasteiger partial charge in [-0.25, -0.2) is 0 Å². The van der Waals surface area contributed by atoms with Crippen LogP contribution in [0.4, 0.5) is 11.6 Å². The van der Waals surface area contributed by atoms with Crippen LogP contribution in [0, 0.1) is 0 Å². The first kappa shape index (κ1) is 21.3. The average Bonchev–Trinajstić information content (AvgIpc) is 2.71. The van der Waals surface area contributed by atoms with E-state index >= 15 is 0 Å². The number of hydrogen-bond acceptors (Lipinski definition) is 4. The smallest absolute Gasteiger partial charge is 0.232 e. The average molecular weight is 464 g/mol. The van der Waals surface area contributed by atoms with Gasteiger partial charge in [0, 0.05) is 10.6 Å². The molecule has 29 heavy (non-hydrogen) atoms. The van der Waals surface area contributed by atoms with Crippen molar-refractivity contribution in [3.8, 4) is 11.1 Å². The molecule has 0 spiro atoms. The molecule has 0 aliphatic carbocycles. The second-order valence-corrected chi connectivity index (χ2v) is 7.14. The predicted octanol–water partition coefficient (Wildman–Crippen LogP) is 7.58. The number of nitrogens with zero attached hydrogens (tertiary/aromatic N) is 3. The lowest BCUT2D eigenvalue weighted by atomic mass is 10.1. The minimum absolute atomic E-state index is 0.0227. The molecular formula is C21H14Cl4N4. The van der Waals surface area contributed by atoms with Gasteiger partial charge in [0.2, 0.25) is 16.5 Å². The van der Waals surface area contributed by atoms with E-state index in [9.17, 15) is 0 Å². The predicted molar refractivity (Wildman–Crippen MR) is 121 cm³/mol. The third-order valence-electron chi connectivity index (χ3n) is 3.66. The molecule has 3 aromatic carbocycles. The Kier molecular flexibility index (Phi) is 7.67. The summed E-state index contributed by atoms with van der Waals surface area (Å²) in [7, 11) is 0. The molecule has 4 aromatic rings. The van der Waals surface area contributed by atoms with Gasteiger partial charge in [-0.05, 0) is 47.0 Å². The molecule has 0 saturated carbocycles. The molecule has 1 heterocycles. The normalized spacial score (nSPS) is 10.1. The molecule has 1 N–H and O–H groups in total. The number of anilines is 2. The van der Waals surface area contributed by atoms with Crippen molar-refractivity contribution in [1.82, 2.24) is 15.0 Å². The first-order chi connectivity index (χ1) is 14.0. The highest BCUT2D eigenvalue weighted by molar-refractivity contribution is 6.33. The molecule has 0 atom stereocenters. The summed E-state index contributed by atoms with van der Waals surface area (Å²) >= 11 is 23.3. The lowest BCUT2D eigenvalue weighted by Gasteiger charge is -2.06. The van der Waals surface area contributed by atoms with Gasteiger partial charge in [-0.15, -0.1) is 0 Å². The molecule has 146 valence electrons. The Labute approximate surface area is 188 Å². The Balaban J connectivity index is 0.000000169. The molecule has 1 aromatic heterocycles. The Morgan fingerprint density at radius 3 is 1.72 bits per heavy atom. The highest BCUT2D eigenvalue weighted by Crippen LogP contribution is 2.27. The number of benzene rings is 3. The quantitative estimate of drug-likeness (QED) is 0.340. The van der Waals surface area contributed by atoms with Crippen LogP contribution in [0.2, 0.25) is 20.6 Å². The zero-order chi connectivity index (χ0) is 20.6. The Hall–Kier alpha value is -2.37. The van der Waals surface area contributed by atoms with Crippen molar-refractivity contribution in [1.29, 1.82) is 0 Å². The summed E-state index contributed by atoms with van der Waals surface area (Å²) in [6.07, 6.45) is 0. The fourth-order valence-corrected chi connectivity index (χ4v) is 3.17. The van der Waals surface area contributed by atoms with Gasteiger partial charge in [-0.3, -0.25) is 0 Å². The van der Waals surface area contributed by atoms with E-state index in [1.807, 2.05) is 54.6 Å². The lowest BCUT2D eigenvalue weighted by molar-refractivity contribution is 1.05. The molecule has 0 aliphatic heterocycles. The summed E-state index contributed by atoms with van der Waals surface area (Å²) in [5.74, 6) is 0.248. The summed E-state index contributed by atoms with van der Waals surface area (Å²) in [6.45, 7) is 0. The largest absolute Gasteiger partial charge is 0.323 e. The molecule has 8 heteroatoms. The van der Waals surface area contributed by atoms with E-state index in [1.54, 1.807) is 12.1 Å². The second kappa shape index (κ2) is 10.4. The van der Waals surface area contributed by atoms with E-state index in [4.69, 9.17) is 46.4 Å². The monoisotopic (exact) mass is 462 g/mol. The van der Waals surface area contributed by atoms with Crippen LogP contribution in [0.25, 0.3) is 11.1 Å². The van der Waals surface area contributed by atoms with Crippen molar-refractivity contribution in [3.63, 3.8) is 0 Å². The summed E-state index contributed by atoms with van der Waals surface area (Å²) in [4.78, 5) is 11.4. The number of hydrogen-bond donors (Lipinski definition) is 1. The first-order valence-corrected chi connectivity index (χ1v) is 9.92. The third-order valence-corrected chi connectivity index (χ3v) is 4.66. The Morgan fingerprint density at radius 1 is 0.552 bits per heavy atom. The number of halogens is 4. The van der Waals surface area contributed by atoms with Crippen LogP contribution < -0.4 is 5.32 Å². The number of nitrogens with one attached hydrogen (secondary N) is 1. The Bertz CT molecular complexity index is 1070. The summed E-state index contributed by atoms with van der Waals surface area (Å²) < 4.78 is 0. The molecule has 0 aliphatic rings. The van der Waals surface area contributed by atoms with Gasteiger partial charge in [-0.1, -0.05) is 83.9 Å². The zero-order valence-electron chi connectivity index (χ0n) is 14.9. The van der Waals surface area contributed by atoms with Crippen LogP contribution in [0.3, 0.4) is 0 Å². The minimum Gasteiger partial charge on any atom is -0.323 e. The molecule has 4 nitrogen and oxygen atoms in total. The molecule has 4 rings (SSSR count). The second-order valence-electron chi connectivity index (χ2n) is 5.65. The zero-order valence-corrected chi connectivity index (χ0v) is 17.9. The molecular weight excluding hydrogens is 450 g/mol. The fourth-order valence-electron chi connectivity index (χ4n) is 2.38. The van der Waals surface area contributed by atoms with Crippen LogP contribution in [-0.2, 0) is 0 Å². The van der Waals surface area contributed by atoms with Crippen molar-refractivity contribution < 1.29 is 0 Å². The maximum absolute atomic E-state index is 6.06. The van der Waals surface area contributed by atoms with Gasteiger partial charge in [0.25, 0.3) is 0 Å². The minimum atomic E-state index is 0.0227. The molecule has 0 saturated heterocycles. The maximum Gasteiger partial charge on any atom is 0.232 e. The van der Waals surface area contributed by atoms with Crippen LogP contribution >= 0.6 is 46.4 Å². The maximum atomic E-state index is 6.06. The number of aromatic nitrogens is 3. The topological polar surface area (TPSA) is 50.7 Å². The van der Waals surface area contributed by atoms with Gasteiger partial charge < -0.3 is 5.32 Å².